The normalized spacial score (nSPS) is 16.7. The van der Waals surface area contributed by atoms with Crippen molar-refractivity contribution in [1.82, 2.24) is 4.72 Å². The fourth-order valence-corrected chi connectivity index (χ4v) is 5.99. The highest BCUT2D eigenvalue weighted by Crippen LogP contribution is 2.42. The molecule has 0 saturated heterocycles. The molecule has 0 bridgehead atoms. The summed E-state index contributed by atoms with van der Waals surface area (Å²) in [4.78, 5) is 11.8. The molecule has 2 N–H and O–H groups in total. The Morgan fingerprint density at radius 3 is 2.33 bits per heavy atom. The van der Waals surface area contributed by atoms with Gasteiger partial charge in [0.2, 0.25) is 10.0 Å². The van der Waals surface area contributed by atoms with E-state index in [9.17, 15) is 18.3 Å². The van der Waals surface area contributed by atoms with Crippen LogP contribution in [0.4, 0.5) is 0 Å². The number of ether oxygens (including phenoxy) is 1. The van der Waals surface area contributed by atoms with Gasteiger partial charge in [0, 0.05) is 6.42 Å². The van der Waals surface area contributed by atoms with Crippen molar-refractivity contribution in [2.45, 2.75) is 90.1 Å². The minimum absolute atomic E-state index is 0.0713. The maximum absolute atomic E-state index is 13.3. The van der Waals surface area contributed by atoms with Crippen molar-refractivity contribution in [2.75, 3.05) is 0 Å². The molecule has 6 nitrogen and oxygen atoms in total. The first kappa shape index (κ1) is 24.4. The van der Waals surface area contributed by atoms with Gasteiger partial charge in [-0.25, -0.2) is 8.42 Å². The molecule has 1 aromatic carbocycles. The number of rotatable bonds is 5. The molecular weight excluding hydrogens is 418 g/mol. The van der Waals surface area contributed by atoms with Crippen LogP contribution in [0.5, 0.6) is 5.75 Å². The van der Waals surface area contributed by atoms with Crippen molar-refractivity contribution in [3.63, 3.8) is 0 Å². The Balaban J connectivity index is 2.48. The van der Waals surface area contributed by atoms with Crippen LogP contribution in [0.1, 0.15) is 48.9 Å². The Kier molecular flexibility index (Phi) is 6.82. The number of carboxylic acids is 1. The van der Waals surface area contributed by atoms with Crippen molar-refractivity contribution < 1.29 is 23.1 Å². The Morgan fingerprint density at radius 1 is 1.20 bits per heavy atom. The zero-order chi connectivity index (χ0) is 23.1. The van der Waals surface area contributed by atoms with Gasteiger partial charge in [-0.1, -0.05) is 19.6 Å². The quantitative estimate of drug-likeness (QED) is 0.526. The Bertz CT molecular complexity index is 1030. The van der Waals surface area contributed by atoms with E-state index in [-0.39, 0.29) is 16.9 Å². The molecule has 0 aliphatic carbocycles. The zero-order valence-corrected chi connectivity index (χ0v) is 21.0. The summed E-state index contributed by atoms with van der Waals surface area (Å²) in [6.07, 6.45) is 1.42. The van der Waals surface area contributed by atoms with Gasteiger partial charge in [0.05, 0.1) is 4.90 Å². The molecule has 0 spiro atoms. The SMILES string of the molecule is Cc1c(C)c(S(=O)(=O)NC(CC#C[Si](C)(C)C)C(=O)O)c(C)c2c1OC(C)(C)CC2. The van der Waals surface area contributed by atoms with Crippen LogP contribution >= 0.6 is 0 Å². The third-order valence-electron chi connectivity index (χ3n) is 5.30. The number of carboxylic acid groups (broad SMARTS) is 1. The Morgan fingerprint density at radius 2 is 1.80 bits per heavy atom. The van der Waals surface area contributed by atoms with Crippen molar-refractivity contribution in [2.24, 2.45) is 0 Å². The van der Waals surface area contributed by atoms with Gasteiger partial charge in [-0.2, -0.15) is 4.72 Å². The Hall–Kier alpha value is -1.82. The lowest BCUT2D eigenvalue weighted by Crippen LogP contribution is -2.41. The summed E-state index contributed by atoms with van der Waals surface area (Å²) >= 11 is 0. The van der Waals surface area contributed by atoms with E-state index in [4.69, 9.17) is 4.74 Å². The summed E-state index contributed by atoms with van der Waals surface area (Å²) in [5.41, 5.74) is 5.63. The van der Waals surface area contributed by atoms with Gasteiger partial charge in [-0.15, -0.1) is 11.5 Å². The molecule has 0 amide bonds. The highest BCUT2D eigenvalue weighted by Gasteiger charge is 2.34. The molecule has 1 heterocycles. The molecule has 30 heavy (non-hydrogen) atoms. The average molecular weight is 452 g/mol. The molecule has 0 fully saturated rings. The van der Waals surface area contributed by atoms with Crippen LogP contribution in [0.3, 0.4) is 0 Å². The topological polar surface area (TPSA) is 92.7 Å². The predicted molar refractivity (Wildman–Crippen MR) is 121 cm³/mol. The van der Waals surface area contributed by atoms with E-state index >= 15 is 0 Å². The maximum atomic E-state index is 13.3. The lowest BCUT2D eigenvalue weighted by molar-refractivity contribution is -0.138. The average Bonchev–Trinajstić information content (AvgIpc) is 2.56. The molecule has 166 valence electrons. The molecule has 1 aromatic rings. The summed E-state index contributed by atoms with van der Waals surface area (Å²) in [7, 11) is -5.74. The van der Waals surface area contributed by atoms with Gasteiger partial charge >= 0.3 is 5.97 Å². The number of hydrogen-bond donors (Lipinski definition) is 2. The van der Waals surface area contributed by atoms with Crippen LogP contribution in [0, 0.1) is 32.2 Å². The molecule has 0 radical (unpaired) electrons. The number of benzene rings is 1. The van der Waals surface area contributed by atoms with E-state index in [2.05, 4.69) is 16.2 Å². The number of aliphatic carboxylic acids is 1. The second kappa shape index (κ2) is 8.37. The molecule has 1 unspecified atom stereocenters. The number of sulfonamides is 1. The van der Waals surface area contributed by atoms with Crippen LogP contribution in [0.15, 0.2) is 4.90 Å². The van der Waals surface area contributed by atoms with E-state index < -0.39 is 30.1 Å². The van der Waals surface area contributed by atoms with Crippen LogP contribution in [-0.4, -0.2) is 39.2 Å². The van der Waals surface area contributed by atoms with E-state index in [0.717, 1.165) is 23.3 Å². The third-order valence-corrected chi connectivity index (χ3v) is 7.97. The summed E-state index contributed by atoms with van der Waals surface area (Å²) in [6, 6.07) is -1.30. The summed E-state index contributed by atoms with van der Waals surface area (Å²) < 4.78 is 35.1. The van der Waals surface area contributed by atoms with Gasteiger partial charge in [0.25, 0.3) is 0 Å². The third kappa shape index (κ3) is 5.45. The molecule has 2 rings (SSSR count). The number of fused-ring (bicyclic) bond motifs is 1. The zero-order valence-electron chi connectivity index (χ0n) is 19.2. The first-order valence-corrected chi connectivity index (χ1v) is 15.1. The first-order valence-electron chi connectivity index (χ1n) is 10.1. The number of hydrogen-bond acceptors (Lipinski definition) is 4. The molecule has 8 heteroatoms. The van der Waals surface area contributed by atoms with Crippen molar-refractivity contribution in [3.05, 3.63) is 22.3 Å². The van der Waals surface area contributed by atoms with Gasteiger partial charge in [0.15, 0.2) is 0 Å². The van der Waals surface area contributed by atoms with E-state index in [0.29, 0.717) is 17.5 Å². The van der Waals surface area contributed by atoms with Crippen LogP contribution in [0.2, 0.25) is 19.6 Å². The highest BCUT2D eigenvalue weighted by molar-refractivity contribution is 7.89. The van der Waals surface area contributed by atoms with Gasteiger partial charge in [-0.05, 0) is 69.7 Å². The fourth-order valence-electron chi connectivity index (χ4n) is 3.59. The molecule has 1 aliphatic rings. The largest absolute Gasteiger partial charge is 0.487 e. The van der Waals surface area contributed by atoms with Gasteiger partial charge in [0.1, 0.15) is 25.5 Å². The van der Waals surface area contributed by atoms with Crippen LogP contribution < -0.4 is 9.46 Å². The van der Waals surface area contributed by atoms with Crippen molar-refractivity contribution in [1.29, 1.82) is 0 Å². The smallest absolute Gasteiger partial charge is 0.322 e. The summed E-state index contributed by atoms with van der Waals surface area (Å²) in [6.45, 7) is 15.5. The van der Waals surface area contributed by atoms with Crippen molar-refractivity contribution in [3.8, 4) is 17.2 Å². The summed E-state index contributed by atoms with van der Waals surface area (Å²) in [5, 5.41) is 9.55. The number of nitrogens with one attached hydrogen (secondary N) is 1. The van der Waals surface area contributed by atoms with Gasteiger partial charge < -0.3 is 9.84 Å². The highest BCUT2D eigenvalue weighted by atomic mass is 32.2. The second-order valence-corrected chi connectivity index (χ2v) is 16.0. The monoisotopic (exact) mass is 451 g/mol. The van der Waals surface area contributed by atoms with Crippen molar-refractivity contribution >= 4 is 24.1 Å². The molecule has 0 aromatic heterocycles. The Labute approximate surface area is 181 Å². The van der Waals surface area contributed by atoms with E-state index in [1.807, 2.05) is 40.4 Å². The summed E-state index contributed by atoms with van der Waals surface area (Å²) in [5.74, 6) is 2.37. The van der Waals surface area contributed by atoms with Crippen LogP contribution in [0.25, 0.3) is 0 Å². The lowest BCUT2D eigenvalue weighted by atomic mass is 9.88. The fraction of sp³-hybridized carbons (Fsp3) is 0.591. The lowest BCUT2D eigenvalue weighted by Gasteiger charge is -2.35. The first-order chi connectivity index (χ1) is 13.6. The standard InChI is InChI=1S/C22H33NO5SSi/c1-14-15(2)20(16(3)17-11-12-22(4,5)28-19(14)17)29(26,27)23-18(21(24)25)10-9-13-30(6,7)8/h18,23H,10-12H2,1-8H3,(H,24,25). The molecule has 1 aliphatic heterocycles. The van der Waals surface area contributed by atoms with E-state index in [1.165, 1.54) is 0 Å². The van der Waals surface area contributed by atoms with E-state index in [1.54, 1.807) is 13.8 Å². The molecule has 1 atom stereocenters. The minimum Gasteiger partial charge on any atom is -0.487 e. The molecular formula is C22H33NO5SSi. The van der Waals surface area contributed by atoms with Gasteiger partial charge in [-0.3, -0.25) is 4.79 Å². The maximum Gasteiger partial charge on any atom is 0.322 e. The van der Waals surface area contributed by atoms with Crippen LogP contribution in [-0.2, 0) is 21.2 Å². The molecule has 0 saturated carbocycles. The minimum atomic E-state index is -4.06. The predicted octanol–water partition coefficient (Wildman–Crippen LogP) is 3.72. The second-order valence-electron chi connectivity index (χ2n) is 9.64. The number of carbonyl (C=O) groups is 1.